The molecule has 1 saturated carbocycles. The number of rotatable bonds is 4. The van der Waals surface area contributed by atoms with E-state index < -0.39 is 12.1 Å². The molecule has 0 unspecified atom stereocenters. The molecule has 1 aliphatic carbocycles. The lowest BCUT2D eigenvalue weighted by molar-refractivity contribution is -0.130. The predicted octanol–water partition coefficient (Wildman–Crippen LogP) is 4.23. The first-order chi connectivity index (χ1) is 10.9. The zero-order chi connectivity index (χ0) is 17.0. The third-order valence-corrected chi connectivity index (χ3v) is 5.08. The van der Waals surface area contributed by atoms with Crippen LogP contribution in [0.1, 0.15) is 49.9 Å². The molecule has 0 heterocycles. The highest BCUT2D eigenvalue weighted by molar-refractivity contribution is 6.43. The lowest BCUT2D eigenvalue weighted by Gasteiger charge is -2.30. The summed E-state index contributed by atoms with van der Waals surface area (Å²) in [6.45, 7) is 3.69. The average Bonchev–Trinajstić information content (AvgIpc) is 2.52. The first-order valence-corrected chi connectivity index (χ1v) is 8.61. The third-order valence-electron chi connectivity index (χ3n) is 4.26. The maximum Gasteiger partial charge on any atom is 0.340 e. The number of halogens is 2. The number of carbonyl (C=O) groups excluding carboxylic acids is 2. The van der Waals surface area contributed by atoms with Crippen molar-refractivity contribution in [2.45, 2.75) is 51.7 Å². The summed E-state index contributed by atoms with van der Waals surface area (Å²) < 4.78 is 5.22. The standard InChI is InChI=1S/C17H21Cl2NO3/c1-10-6-3-4-9-14(10)20-16(21)11(2)23-17(22)12-7-5-8-13(18)15(12)19/h5,7-8,10-11,14H,3-4,6,9H2,1-2H3,(H,20,21)/t10-,11-,14+/m1/s1. The van der Waals surface area contributed by atoms with Gasteiger partial charge in [0.25, 0.3) is 5.91 Å². The highest BCUT2D eigenvalue weighted by atomic mass is 35.5. The number of hydrogen-bond acceptors (Lipinski definition) is 3. The van der Waals surface area contributed by atoms with Crippen molar-refractivity contribution in [3.63, 3.8) is 0 Å². The van der Waals surface area contributed by atoms with Crippen molar-refractivity contribution in [1.82, 2.24) is 5.32 Å². The van der Waals surface area contributed by atoms with Crippen LogP contribution in [0.5, 0.6) is 0 Å². The Morgan fingerprint density at radius 1 is 1.26 bits per heavy atom. The van der Waals surface area contributed by atoms with Crippen LogP contribution in [-0.2, 0) is 9.53 Å². The van der Waals surface area contributed by atoms with Crippen LogP contribution in [0.25, 0.3) is 0 Å². The molecule has 0 aromatic heterocycles. The van der Waals surface area contributed by atoms with Crippen LogP contribution in [0, 0.1) is 5.92 Å². The second-order valence-corrected chi connectivity index (χ2v) is 6.81. The average molecular weight is 358 g/mol. The van der Waals surface area contributed by atoms with E-state index >= 15 is 0 Å². The molecule has 0 spiro atoms. The van der Waals surface area contributed by atoms with Gasteiger partial charge < -0.3 is 10.1 Å². The Morgan fingerprint density at radius 3 is 2.65 bits per heavy atom. The van der Waals surface area contributed by atoms with Crippen molar-refractivity contribution in [3.8, 4) is 0 Å². The van der Waals surface area contributed by atoms with E-state index in [4.69, 9.17) is 27.9 Å². The summed E-state index contributed by atoms with van der Waals surface area (Å²) in [7, 11) is 0. The summed E-state index contributed by atoms with van der Waals surface area (Å²) >= 11 is 11.9. The molecule has 1 fully saturated rings. The van der Waals surface area contributed by atoms with E-state index in [9.17, 15) is 9.59 Å². The molecule has 1 aliphatic rings. The van der Waals surface area contributed by atoms with E-state index in [2.05, 4.69) is 12.2 Å². The van der Waals surface area contributed by atoms with E-state index in [1.165, 1.54) is 12.5 Å². The van der Waals surface area contributed by atoms with E-state index in [-0.39, 0.29) is 27.6 Å². The van der Waals surface area contributed by atoms with E-state index in [1.54, 1.807) is 19.1 Å². The summed E-state index contributed by atoms with van der Waals surface area (Å²) in [4.78, 5) is 24.4. The summed E-state index contributed by atoms with van der Waals surface area (Å²) in [5, 5.41) is 3.38. The van der Waals surface area contributed by atoms with Crippen LogP contribution >= 0.6 is 23.2 Å². The molecular weight excluding hydrogens is 337 g/mol. The number of carbonyl (C=O) groups is 2. The van der Waals surface area contributed by atoms with E-state index in [0.29, 0.717) is 5.92 Å². The number of nitrogens with one attached hydrogen (secondary N) is 1. The lowest BCUT2D eigenvalue weighted by Crippen LogP contribution is -2.46. The van der Waals surface area contributed by atoms with Crippen LogP contribution in [0.15, 0.2) is 18.2 Å². The van der Waals surface area contributed by atoms with Gasteiger partial charge in [-0.3, -0.25) is 4.79 Å². The summed E-state index contributed by atoms with van der Waals surface area (Å²) in [6.07, 6.45) is 3.50. The molecule has 0 radical (unpaired) electrons. The minimum atomic E-state index is -0.883. The first-order valence-electron chi connectivity index (χ1n) is 7.85. The van der Waals surface area contributed by atoms with Crippen molar-refractivity contribution in [2.75, 3.05) is 0 Å². The molecule has 1 amide bonds. The van der Waals surface area contributed by atoms with Gasteiger partial charge in [-0.2, -0.15) is 0 Å². The van der Waals surface area contributed by atoms with Gasteiger partial charge in [0.15, 0.2) is 6.10 Å². The normalized spacial score (nSPS) is 22.3. The second kappa shape index (κ2) is 8.02. The molecule has 0 bridgehead atoms. The Balaban J connectivity index is 1.95. The van der Waals surface area contributed by atoms with Crippen LogP contribution < -0.4 is 5.32 Å². The topological polar surface area (TPSA) is 55.4 Å². The van der Waals surface area contributed by atoms with Crippen molar-refractivity contribution in [2.24, 2.45) is 5.92 Å². The molecule has 4 nitrogen and oxygen atoms in total. The Bertz CT molecular complexity index is 591. The number of benzene rings is 1. The smallest absolute Gasteiger partial charge is 0.340 e. The fourth-order valence-corrected chi connectivity index (χ4v) is 3.15. The Kier molecular flexibility index (Phi) is 6.31. The minimum Gasteiger partial charge on any atom is -0.449 e. The molecule has 126 valence electrons. The van der Waals surface area contributed by atoms with Crippen LogP contribution in [-0.4, -0.2) is 24.0 Å². The number of ether oxygens (including phenoxy) is 1. The summed E-state index contributed by atoms with van der Waals surface area (Å²) in [5.41, 5.74) is 0.157. The zero-order valence-electron chi connectivity index (χ0n) is 13.3. The van der Waals surface area contributed by atoms with E-state index in [0.717, 1.165) is 19.3 Å². The molecule has 1 aromatic rings. The number of hydrogen-bond donors (Lipinski definition) is 1. The third kappa shape index (κ3) is 4.61. The predicted molar refractivity (Wildman–Crippen MR) is 90.9 cm³/mol. The minimum absolute atomic E-state index is 0.132. The van der Waals surface area contributed by atoms with Crippen molar-refractivity contribution in [3.05, 3.63) is 33.8 Å². The SMILES string of the molecule is C[C@@H]1CCCC[C@@H]1NC(=O)[C@@H](C)OC(=O)c1cccc(Cl)c1Cl. The lowest BCUT2D eigenvalue weighted by atomic mass is 9.86. The maximum atomic E-state index is 12.2. The van der Waals surface area contributed by atoms with E-state index in [1.807, 2.05) is 0 Å². The van der Waals surface area contributed by atoms with Gasteiger partial charge in [0, 0.05) is 6.04 Å². The second-order valence-electron chi connectivity index (χ2n) is 6.03. The van der Waals surface area contributed by atoms with Crippen molar-refractivity contribution in [1.29, 1.82) is 0 Å². The molecule has 1 N–H and O–H groups in total. The molecule has 0 saturated heterocycles. The van der Waals surface area contributed by atoms with Crippen LogP contribution in [0.2, 0.25) is 10.0 Å². The van der Waals surface area contributed by atoms with Gasteiger partial charge in [-0.1, -0.05) is 49.0 Å². The van der Waals surface area contributed by atoms with Gasteiger partial charge in [-0.05, 0) is 37.8 Å². The van der Waals surface area contributed by atoms with Gasteiger partial charge in [0.2, 0.25) is 0 Å². The van der Waals surface area contributed by atoms with Gasteiger partial charge >= 0.3 is 5.97 Å². The molecule has 3 atom stereocenters. The van der Waals surface area contributed by atoms with Crippen molar-refractivity contribution >= 4 is 35.1 Å². The number of esters is 1. The molecular formula is C17H21Cl2NO3. The Morgan fingerprint density at radius 2 is 1.96 bits per heavy atom. The van der Waals surface area contributed by atoms with Gasteiger partial charge in [0.05, 0.1) is 15.6 Å². The van der Waals surface area contributed by atoms with Crippen LogP contribution in [0.3, 0.4) is 0 Å². The molecule has 1 aromatic carbocycles. The first kappa shape index (κ1) is 18.1. The van der Waals surface area contributed by atoms with Gasteiger partial charge in [-0.15, -0.1) is 0 Å². The maximum absolute atomic E-state index is 12.2. The Labute approximate surface area is 146 Å². The van der Waals surface area contributed by atoms with Crippen LogP contribution in [0.4, 0.5) is 0 Å². The largest absolute Gasteiger partial charge is 0.449 e. The molecule has 0 aliphatic heterocycles. The Hall–Kier alpha value is -1.26. The fourth-order valence-electron chi connectivity index (χ4n) is 2.77. The number of amides is 1. The van der Waals surface area contributed by atoms with Gasteiger partial charge in [0.1, 0.15) is 0 Å². The fraction of sp³-hybridized carbons (Fsp3) is 0.529. The molecule has 6 heteroatoms. The highest BCUT2D eigenvalue weighted by Crippen LogP contribution is 2.26. The quantitative estimate of drug-likeness (QED) is 0.820. The van der Waals surface area contributed by atoms with Crippen molar-refractivity contribution < 1.29 is 14.3 Å². The monoisotopic (exact) mass is 357 g/mol. The molecule has 2 rings (SSSR count). The zero-order valence-corrected chi connectivity index (χ0v) is 14.8. The summed E-state index contributed by atoms with van der Waals surface area (Å²) in [5.74, 6) is -0.495. The molecule has 23 heavy (non-hydrogen) atoms. The van der Waals surface area contributed by atoms with Gasteiger partial charge in [-0.25, -0.2) is 4.79 Å². The highest BCUT2D eigenvalue weighted by Gasteiger charge is 2.27. The summed E-state index contributed by atoms with van der Waals surface area (Å²) in [6, 6.07) is 4.86.